The molecule has 1 heterocycles. The van der Waals surface area contributed by atoms with E-state index in [1.54, 1.807) is 44.6 Å². The molecule has 8 heteroatoms. The third-order valence-corrected chi connectivity index (χ3v) is 3.83. The summed E-state index contributed by atoms with van der Waals surface area (Å²) in [6.45, 7) is 0. The Morgan fingerprint density at radius 3 is 2.56 bits per heavy atom. The minimum atomic E-state index is -0.188. The summed E-state index contributed by atoms with van der Waals surface area (Å²) >= 11 is 0. The molecular formula is C19H19N3O5. The van der Waals surface area contributed by atoms with Gasteiger partial charge in [-0.05, 0) is 42.5 Å². The second-order valence-corrected chi connectivity index (χ2v) is 5.68. The first-order valence-corrected chi connectivity index (χ1v) is 8.23. The van der Waals surface area contributed by atoms with E-state index >= 15 is 0 Å². The second kappa shape index (κ2) is 8.22. The van der Waals surface area contributed by atoms with Crippen LogP contribution in [0.3, 0.4) is 0 Å². The van der Waals surface area contributed by atoms with Crippen LogP contribution >= 0.6 is 0 Å². The van der Waals surface area contributed by atoms with Gasteiger partial charge in [-0.2, -0.15) is 4.98 Å². The molecule has 2 N–H and O–H groups in total. The van der Waals surface area contributed by atoms with Gasteiger partial charge in [-0.15, -0.1) is 0 Å². The number of carbonyl (C=O) groups excluding carboxylic acids is 1. The minimum absolute atomic E-state index is 0.140. The Kier molecular flexibility index (Phi) is 5.55. The zero-order valence-electron chi connectivity index (χ0n) is 14.9. The van der Waals surface area contributed by atoms with E-state index in [2.05, 4.69) is 15.5 Å². The first kappa shape index (κ1) is 18.2. The SMILES string of the molecule is COc1ccc(-c2noc(CCC(=O)Nc3ccc(O)cc3)n2)cc1OC. The summed E-state index contributed by atoms with van der Waals surface area (Å²) in [5.74, 6) is 1.89. The van der Waals surface area contributed by atoms with E-state index in [4.69, 9.17) is 14.0 Å². The molecule has 0 saturated carbocycles. The number of phenols is 1. The van der Waals surface area contributed by atoms with E-state index in [1.165, 1.54) is 12.1 Å². The highest BCUT2D eigenvalue weighted by Gasteiger charge is 2.13. The zero-order valence-corrected chi connectivity index (χ0v) is 14.9. The van der Waals surface area contributed by atoms with Crippen LogP contribution in [-0.2, 0) is 11.2 Å². The van der Waals surface area contributed by atoms with Crippen molar-refractivity contribution in [2.75, 3.05) is 19.5 Å². The lowest BCUT2D eigenvalue weighted by Gasteiger charge is -2.07. The number of rotatable bonds is 7. The van der Waals surface area contributed by atoms with Crippen molar-refractivity contribution in [3.63, 3.8) is 0 Å². The quantitative estimate of drug-likeness (QED) is 0.617. The number of anilines is 1. The molecule has 0 radical (unpaired) electrons. The van der Waals surface area contributed by atoms with E-state index in [9.17, 15) is 9.90 Å². The van der Waals surface area contributed by atoms with Crippen LogP contribution in [0.1, 0.15) is 12.3 Å². The normalized spacial score (nSPS) is 10.4. The second-order valence-electron chi connectivity index (χ2n) is 5.68. The Balaban J connectivity index is 1.61. The molecule has 0 bridgehead atoms. The Hall–Kier alpha value is -3.55. The monoisotopic (exact) mass is 369 g/mol. The summed E-state index contributed by atoms with van der Waals surface area (Å²) in [5.41, 5.74) is 1.32. The molecular weight excluding hydrogens is 350 g/mol. The molecule has 0 fully saturated rings. The van der Waals surface area contributed by atoms with Crippen LogP contribution in [0.5, 0.6) is 17.2 Å². The predicted molar refractivity (Wildman–Crippen MR) is 97.9 cm³/mol. The van der Waals surface area contributed by atoms with Gasteiger partial charge in [0.1, 0.15) is 5.75 Å². The molecule has 0 unspecified atom stereocenters. The van der Waals surface area contributed by atoms with Gasteiger partial charge in [0.15, 0.2) is 11.5 Å². The molecule has 0 aliphatic rings. The highest BCUT2D eigenvalue weighted by atomic mass is 16.5. The van der Waals surface area contributed by atoms with Crippen molar-refractivity contribution in [1.82, 2.24) is 10.1 Å². The number of phenolic OH excluding ortho intramolecular Hbond substituents is 1. The van der Waals surface area contributed by atoms with Crippen LogP contribution in [-0.4, -0.2) is 35.4 Å². The van der Waals surface area contributed by atoms with Crippen molar-refractivity contribution >= 4 is 11.6 Å². The van der Waals surface area contributed by atoms with E-state index < -0.39 is 0 Å². The molecule has 0 spiro atoms. The van der Waals surface area contributed by atoms with Crippen LogP contribution in [0.25, 0.3) is 11.4 Å². The van der Waals surface area contributed by atoms with Crippen molar-refractivity contribution in [1.29, 1.82) is 0 Å². The smallest absolute Gasteiger partial charge is 0.227 e. The number of nitrogens with one attached hydrogen (secondary N) is 1. The fourth-order valence-corrected chi connectivity index (χ4v) is 2.44. The van der Waals surface area contributed by atoms with Crippen LogP contribution in [0, 0.1) is 0 Å². The highest BCUT2D eigenvalue weighted by Crippen LogP contribution is 2.31. The van der Waals surface area contributed by atoms with Gasteiger partial charge in [0.05, 0.1) is 14.2 Å². The molecule has 27 heavy (non-hydrogen) atoms. The third kappa shape index (κ3) is 4.55. The van der Waals surface area contributed by atoms with E-state index in [1.807, 2.05) is 0 Å². The summed E-state index contributed by atoms with van der Waals surface area (Å²) in [6, 6.07) is 11.6. The van der Waals surface area contributed by atoms with Crippen molar-refractivity contribution in [3.05, 3.63) is 48.4 Å². The van der Waals surface area contributed by atoms with E-state index in [0.29, 0.717) is 35.3 Å². The molecule has 1 amide bonds. The zero-order chi connectivity index (χ0) is 19.2. The first-order chi connectivity index (χ1) is 13.1. The lowest BCUT2D eigenvalue weighted by atomic mass is 10.2. The van der Waals surface area contributed by atoms with Crippen molar-refractivity contribution in [2.24, 2.45) is 0 Å². The highest BCUT2D eigenvalue weighted by molar-refractivity contribution is 5.90. The summed E-state index contributed by atoms with van der Waals surface area (Å²) in [7, 11) is 3.11. The maximum atomic E-state index is 12.0. The molecule has 0 saturated heterocycles. The van der Waals surface area contributed by atoms with Crippen molar-refractivity contribution < 1.29 is 23.9 Å². The Morgan fingerprint density at radius 1 is 1.11 bits per heavy atom. The number of amides is 1. The average Bonchev–Trinajstić information content (AvgIpc) is 3.16. The summed E-state index contributed by atoms with van der Waals surface area (Å²) in [4.78, 5) is 16.3. The van der Waals surface area contributed by atoms with Crippen molar-refractivity contribution in [2.45, 2.75) is 12.8 Å². The van der Waals surface area contributed by atoms with Gasteiger partial charge < -0.3 is 24.4 Å². The number of carbonyl (C=O) groups is 1. The standard InChI is InChI=1S/C19H19N3O5/c1-25-15-8-3-12(11-16(15)26-2)19-21-18(27-22-19)10-9-17(24)20-13-4-6-14(23)7-5-13/h3-8,11,23H,9-10H2,1-2H3,(H,20,24). The predicted octanol–water partition coefficient (Wildman–Crippen LogP) is 3.03. The first-order valence-electron chi connectivity index (χ1n) is 8.23. The van der Waals surface area contributed by atoms with Crippen LogP contribution < -0.4 is 14.8 Å². The minimum Gasteiger partial charge on any atom is -0.508 e. The fraction of sp³-hybridized carbons (Fsp3) is 0.211. The summed E-state index contributed by atoms with van der Waals surface area (Å²) in [5, 5.41) is 15.9. The maximum Gasteiger partial charge on any atom is 0.227 e. The van der Waals surface area contributed by atoms with E-state index in [-0.39, 0.29) is 18.1 Å². The van der Waals surface area contributed by atoms with Gasteiger partial charge >= 0.3 is 0 Å². The number of ether oxygens (including phenoxy) is 2. The number of aromatic hydroxyl groups is 1. The van der Waals surface area contributed by atoms with E-state index in [0.717, 1.165) is 5.56 Å². The van der Waals surface area contributed by atoms with Gasteiger partial charge in [0, 0.05) is 24.1 Å². The Morgan fingerprint density at radius 2 is 1.85 bits per heavy atom. The summed E-state index contributed by atoms with van der Waals surface area (Å²) < 4.78 is 15.7. The molecule has 140 valence electrons. The molecule has 0 atom stereocenters. The van der Waals surface area contributed by atoms with Crippen LogP contribution in [0.2, 0.25) is 0 Å². The van der Waals surface area contributed by atoms with Crippen LogP contribution in [0.15, 0.2) is 47.0 Å². The Labute approximate surface area is 155 Å². The summed E-state index contributed by atoms with van der Waals surface area (Å²) in [6.07, 6.45) is 0.499. The topological polar surface area (TPSA) is 107 Å². The maximum absolute atomic E-state index is 12.0. The molecule has 1 aromatic heterocycles. The number of hydrogen-bond donors (Lipinski definition) is 2. The lowest BCUT2D eigenvalue weighted by Crippen LogP contribution is -2.12. The number of aryl methyl sites for hydroxylation is 1. The van der Waals surface area contributed by atoms with Gasteiger partial charge in [-0.3, -0.25) is 4.79 Å². The fourth-order valence-electron chi connectivity index (χ4n) is 2.44. The molecule has 8 nitrogen and oxygen atoms in total. The molecule has 3 aromatic rings. The molecule has 0 aliphatic carbocycles. The number of nitrogens with zero attached hydrogens (tertiary/aromatic N) is 2. The largest absolute Gasteiger partial charge is 0.508 e. The molecule has 3 rings (SSSR count). The van der Waals surface area contributed by atoms with Gasteiger partial charge in [0.25, 0.3) is 0 Å². The van der Waals surface area contributed by atoms with Crippen molar-refractivity contribution in [3.8, 4) is 28.6 Å². The third-order valence-electron chi connectivity index (χ3n) is 3.83. The molecule has 0 aliphatic heterocycles. The lowest BCUT2D eigenvalue weighted by molar-refractivity contribution is -0.116. The van der Waals surface area contributed by atoms with Gasteiger partial charge in [0.2, 0.25) is 17.6 Å². The number of methoxy groups -OCH3 is 2. The molecule has 2 aromatic carbocycles. The van der Waals surface area contributed by atoms with Gasteiger partial charge in [-0.1, -0.05) is 5.16 Å². The Bertz CT molecular complexity index is 921. The number of aromatic nitrogens is 2. The van der Waals surface area contributed by atoms with Gasteiger partial charge in [-0.25, -0.2) is 0 Å². The van der Waals surface area contributed by atoms with Crippen LogP contribution in [0.4, 0.5) is 5.69 Å². The number of benzene rings is 2. The number of hydrogen-bond acceptors (Lipinski definition) is 7. The average molecular weight is 369 g/mol.